The van der Waals surface area contributed by atoms with Crippen LogP contribution >= 0.6 is 0 Å². The predicted molar refractivity (Wildman–Crippen MR) is 110 cm³/mol. The molecule has 2 amide bonds. The standard InChI is InChI=1S/C22H26N4O4/c1-29-16-8-14(9-17(10-16)30-2)11-23-20(27)13-26-7-3-4-19-18(22(26)28)12-24-21(25-19)15-5-6-15/h8-10,12,15H,3-7,11,13H2,1-2H3,(H,23,27). The Kier molecular flexibility index (Phi) is 5.83. The van der Waals surface area contributed by atoms with Crippen LogP contribution in [-0.2, 0) is 17.8 Å². The second-order valence-electron chi connectivity index (χ2n) is 7.69. The maximum absolute atomic E-state index is 12.9. The number of fused-ring (bicyclic) bond motifs is 1. The largest absolute Gasteiger partial charge is 0.497 e. The Bertz CT molecular complexity index is 936. The molecule has 1 aliphatic carbocycles. The van der Waals surface area contributed by atoms with Crippen LogP contribution in [0.5, 0.6) is 11.5 Å². The summed E-state index contributed by atoms with van der Waals surface area (Å²) in [4.78, 5) is 36.0. The number of hydrogen-bond donors (Lipinski definition) is 1. The van der Waals surface area contributed by atoms with Gasteiger partial charge in [-0.15, -0.1) is 0 Å². The van der Waals surface area contributed by atoms with E-state index < -0.39 is 0 Å². The van der Waals surface area contributed by atoms with Gasteiger partial charge in [0.05, 0.1) is 32.0 Å². The van der Waals surface area contributed by atoms with Crippen LogP contribution < -0.4 is 14.8 Å². The summed E-state index contributed by atoms with van der Waals surface area (Å²) in [6.07, 6.45) is 5.39. The molecule has 0 atom stereocenters. The average Bonchev–Trinajstić information content (AvgIpc) is 3.62. The molecule has 0 bridgehead atoms. The molecule has 4 rings (SSSR count). The van der Waals surface area contributed by atoms with Crippen molar-refractivity contribution in [2.75, 3.05) is 27.3 Å². The number of methoxy groups -OCH3 is 2. The molecule has 8 nitrogen and oxygen atoms in total. The first-order valence-electron chi connectivity index (χ1n) is 10.2. The van der Waals surface area contributed by atoms with Gasteiger partial charge in [-0.2, -0.15) is 0 Å². The van der Waals surface area contributed by atoms with E-state index in [0.29, 0.717) is 36.1 Å². The summed E-state index contributed by atoms with van der Waals surface area (Å²) in [6, 6.07) is 5.45. The van der Waals surface area contributed by atoms with Gasteiger partial charge in [0.15, 0.2) is 0 Å². The zero-order valence-electron chi connectivity index (χ0n) is 17.3. The van der Waals surface area contributed by atoms with E-state index in [9.17, 15) is 9.59 Å². The van der Waals surface area contributed by atoms with Crippen molar-refractivity contribution in [1.29, 1.82) is 0 Å². The van der Waals surface area contributed by atoms with Gasteiger partial charge in [0.2, 0.25) is 5.91 Å². The van der Waals surface area contributed by atoms with E-state index in [1.54, 1.807) is 31.4 Å². The minimum Gasteiger partial charge on any atom is -0.497 e. The Labute approximate surface area is 175 Å². The first kappa shape index (κ1) is 20.1. The quantitative estimate of drug-likeness (QED) is 0.751. The van der Waals surface area contributed by atoms with Gasteiger partial charge in [-0.3, -0.25) is 9.59 Å². The molecule has 2 heterocycles. The van der Waals surface area contributed by atoms with Crippen molar-refractivity contribution in [3.63, 3.8) is 0 Å². The first-order chi connectivity index (χ1) is 14.6. The van der Waals surface area contributed by atoms with E-state index >= 15 is 0 Å². The van der Waals surface area contributed by atoms with Crippen molar-refractivity contribution in [2.24, 2.45) is 0 Å². The molecule has 1 fully saturated rings. The highest BCUT2D eigenvalue weighted by atomic mass is 16.5. The van der Waals surface area contributed by atoms with Crippen molar-refractivity contribution in [3.05, 3.63) is 47.0 Å². The van der Waals surface area contributed by atoms with E-state index in [-0.39, 0.29) is 18.4 Å². The molecular formula is C22H26N4O4. The normalized spacial score (nSPS) is 15.9. The molecule has 0 spiro atoms. The average molecular weight is 410 g/mol. The van der Waals surface area contributed by atoms with Crippen molar-refractivity contribution in [3.8, 4) is 11.5 Å². The number of nitrogens with one attached hydrogen (secondary N) is 1. The third kappa shape index (κ3) is 4.53. The summed E-state index contributed by atoms with van der Waals surface area (Å²) in [5.41, 5.74) is 2.18. The zero-order chi connectivity index (χ0) is 21.1. The third-order valence-electron chi connectivity index (χ3n) is 5.42. The van der Waals surface area contributed by atoms with Gasteiger partial charge >= 0.3 is 0 Å². The van der Waals surface area contributed by atoms with Crippen LogP contribution in [0, 0.1) is 0 Å². The van der Waals surface area contributed by atoms with Crippen LogP contribution in [0.3, 0.4) is 0 Å². The molecule has 2 aromatic rings. The van der Waals surface area contributed by atoms with Crippen molar-refractivity contribution < 1.29 is 19.1 Å². The van der Waals surface area contributed by atoms with E-state index in [1.807, 2.05) is 12.1 Å². The van der Waals surface area contributed by atoms with Crippen LogP contribution in [-0.4, -0.2) is 54.0 Å². The number of ether oxygens (including phenoxy) is 2. The summed E-state index contributed by atoms with van der Waals surface area (Å²) in [5.74, 6) is 2.21. The zero-order valence-corrected chi connectivity index (χ0v) is 17.3. The summed E-state index contributed by atoms with van der Waals surface area (Å²) < 4.78 is 10.5. The molecule has 1 aromatic carbocycles. The van der Waals surface area contributed by atoms with Crippen LogP contribution in [0.4, 0.5) is 0 Å². The molecule has 0 unspecified atom stereocenters. The minimum atomic E-state index is -0.218. The third-order valence-corrected chi connectivity index (χ3v) is 5.42. The number of aryl methyl sites for hydroxylation is 1. The summed E-state index contributed by atoms with van der Waals surface area (Å²) in [6.45, 7) is 0.844. The number of nitrogens with zero attached hydrogens (tertiary/aromatic N) is 3. The molecule has 0 saturated heterocycles. The van der Waals surface area contributed by atoms with Gasteiger partial charge in [-0.05, 0) is 43.4 Å². The maximum Gasteiger partial charge on any atom is 0.257 e. The minimum absolute atomic E-state index is 0.00372. The van der Waals surface area contributed by atoms with Crippen LogP contribution in [0.2, 0.25) is 0 Å². The fourth-order valence-corrected chi connectivity index (χ4v) is 3.60. The van der Waals surface area contributed by atoms with Crippen LogP contribution in [0.15, 0.2) is 24.4 Å². The molecule has 1 saturated carbocycles. The van der Waals surface area contributed by atoms with E-state index in [4.69, 9.17) is 9.47 Å². The lowest BCUT2D eigenvalue weighted by Crippen LogP contribution is -2.40. The molecule has 158 valence electrons. The summed E-state index contributed by atoms with van der Waals surface area (Å²) in [7, 11) is 3.16. The molecular weight excluding hydrogens is 384 g/mol. The molecule has 1 aromatic heterocycles. The van der Waals surface area contributed by atoms with E-state index in [0.717, 1.165) is 42.8 Å². The van der Waals surface area contributed by atoms with Crippen molar-refractivity contribution >= 4 is 11.8 Å². The molecule has 1 N–H and O–H groups in total. The predicted octanol–water partition coefficient (Wildman–Crippen LogP) is 2.08. The Hall–Kier alpha value is -3.16. The topological polar surface area (TPSA) is 93.6 Å². The monoisotopic (exact) mass is 410 g/mol. The Morgan fingerprint density at radius 2 is 1.93 bits per heavy atom. The Morgan fingerprint density at radius 1 is 1.20 bits per heavy atom. The fraction of sp³-hybridized carbons (Fsp3) is 0.455. The molecule has 30 heavy (non-hydrogen) atoms. The number of aromatic nitrogens is 2. The maximum atomic E-state index is 12.9. The Balaban J connectivity index is 1.39. The number of benzene rings is 1. The highest BCUT2D eigenvalue weighted by molar-refractivity contribution is 5.97. The van der Waals surface area contributed by atoms with Gasteiger partial charge in [-0.25, -0.2) is 9.97 Å². The first-order valence-corrected chi connectivity index (χ1v) is 10.2. The van der Waals surface area contributed by atoms with Crippen molar-refractivity contribution in [2.45, 2.75) is 38.1 Å². The second-order valence-corrected chi connectivity index (χ2v) is 7.69. The highest BCUT2D eigenvalue weighted by Crippen LogP contribution is 2.38. The molecule has 2 aliphatic rings. The Morgan fingerprint density at radius 3 is 2.60 bits per heavy atom. The van der Waals surface area contributed by atoms with Gasteiger partial charge < -0.3 is 19.7 Å². The lowest BCUT2D eigenvalue weighted by Gasteiger charge is -2.20. The van der Waals surface area contributed by atoms with Gasteiger partial charge in [0.25, 0.3) is 5.91 Å². The second kappa shape index (κ2) is 8.69. The molecule has 8 heteroatoms. The van der Waals surface area contributed by atoms with Gasteiger partial charge in [0, 0.05) is 31.3 Å². The van der Waals surface area contributed by atoms with Crippen LogP contribution in [0.25, 0.3) is 0 Å². The molecule has 0 radical (unpaired) electrons. The summed E-state index contributed by atoms with van der Waals surface area (Å²) >= 11 is 0. The number of rotatable bonds is 7. The highest BCUT2D eigenvalue weighted by Gasteiger charge is 2.30. The lowest BCUT2D eigenvalue weighted by molar-refractivity contribution is -0.122. The van der Waals surface area contributed by atoms with E-state index in [2.05, 4.69) is 15.3 Å². The van der Waals surface area contributed by atoms with Gasteiger partial charge in [-0.1, -0.05) is 0 Å². The smallest absolute Gasteiger partial charge is 0.257 e. The van der Waals surface area contributed by atoms with E-state index in [1.165, 1.54) is 0 Å². The number of carbonyl (C=O) groups excluding carboxylic acids is 2. The lowest BCUT2D eigenvalue weighted by atomic mass is 10.1. The van der Waals surface area contributed by atoms with Gasteiger partial charge in [0.1, 0.15) is 17.3 Å². The fourth-order valence-electron chi connectivity index (χ4n) is 3.60. The van der Waals surface area contributed by atoms with Crippen molar-refractivity contribution in [1.82, 2.24) is 20.2 Å². The summed E-state index contributed by atoms with van der Waals surface area (Å²) in [5, 5.41) is 2.87. The number of hydrogen-bond acceptors (Lipinski definition) is 6. The number of carbonyl (C=O) groups is 2. The number of amides is 2. The van der Waals surface area contributed by atoms with Crippen LogP contribution in [0.1, 0.15) is 52.6 Å². The SMILES string of the molecule is COc1cc(CNC(=O)CN2CCCc3nc(C4CC4)ncc3C2=O)cc(OC)c1. The molecule has 1 aliphatic heterocycles.